The van der Waals surface area contributed by atoms with Crippen LogP contribution < -0.4 is 5.32 Å². The minimum Gasteiger partial charge on any atom is -0.295 e. The number of carbonyl (C=O) groups excluding carboxylic acids is 2. The minimum absolute atomic E-state index is 0.213. The second kappa shape index (κ2) is 4.20. The molecule has 2 aromatic rings. The summed E-state index contributed by atoms with van der Waals surface area (Å²) in [6.45, 7) is 0. The van der Waals surface area contributed by atoms with Crippen molar-refractivity contribution in [2.45, 2.75) is 18.9 Å². The number of nitrogens with one attached hydrogen (secondary N) is 1. The van der Waals surface area contributed by atoms with Crippen LogP contribution in [0.15, 0.2) is 28.9 Å². The van der Waals surface area contributed by atoms with Crippen LogP contribution in [-0.4, -0.2) is 21.6 Å². The number of halogens is 1. The first-order valence-corrected chi connectivity index (χ1v) is 6.41. The van der Waals surface area contributed by atoms with Gasteiger partial charge in [0.25, 0.3) is 5.91 Å². The Kier molecular flexibility index (Phi) is 2.66. The molecule has 1 unspecified atom stereocenters. The van der Waals surface area contributed by atoms with E-state index in [2.05, 4.69) is 26.3 Å². The summed E-state index contributed by atoms with van der Waals surface area (Å²) < 4.78 is 2.65. The Bertz CT molecular complexity index is 650. The summed E-state index contributed by atoms with van der Waals surface area (Å²) in [5.74, 6) is -0.491. The van der Waals surface area contributed by atoms with Crippen LogP contribution in [0.2, 0.25) is 0 Å². The molecule has 2 amide bonds. The fraction of sp³-hybridized carbons (Fsp3) is 0.250. The van der Waals surface area contributed by atoms with Crippen molar-refractivity contribution in [1.82, 2.24) is 15.1 Å². The van der Waals surface area contributed by atoms with Crippen LogP contribution in [0.5, 0.6) is 0 Å². The third-order valence-corrected chi connectivity index (χ3v) is 3.56. The molecule has 0 radical (unpaired) electrons. The third-order valence-electron chi connectivity index (χ3n) is 3.06. The van der Waals surface area contributed by atoms with E-state index >= 15 is 0 Å². The number of hydrogen-bond acceptors (Lipinski definition) is 3. The molecule has 1 aromatic heterocycles. The molecule has 0 saturated carbocycles. The van der Waals surface area contributed by atoms with Crippen molar-refractivity contribution in [2.75, 3.05) is 0 Å². The first-order chi connectivity index (χ1) is 8.65. The van der Waals surface area contributed by atoms with Crippen molar-refractivity contribution in [3.8, 4) is 0 Å². The molecule has 1 saturated heterocycles. The lowest BCUT2D eigenvalue weighted by molar-refractivity contribution is -0.135. The van der Waals surface area contributed by atoms with Gasteiger partial charge in [-0.05, 0) is 24.6 Å². The first-order valence-electron chi connectivity index (χ1n) is 5.61. The minimum atomic E-state index is -0.402. The van der Waals surface area contributed by atoms with E-state index in [1.807, 2.05) is 18.2 Å². The summed E-state index contributed by atoms with van der Waals surface area (Å²) >= 11 is 3.40. The molecule has 1 N–H and O–H groups in total. The van der Waals surface area contributed by atoms with Crippen LogP contribution in [0, 0.1) is 0 Å². The quantitative estimate of drug-likeness (QED) is 0.817. The van der Waals surface area contributed by atoms with Gasteiger partial charge in [0.15, 0.2) is 0 Å². The summed E-state index contributed by atoms with van der Waals surface area (Å²) in [5.41, 5.74) is 0.896. The molecular weight excluding hydrogens is 298 g/mol. The number of fused-ring (bicyclic) bond motifs is 1. The standard InChI is InChI=1S/C12H10BrN3O2/c13-8-1-2-9-7(5-8)6-14-16(9)10-3-4-11(17)15-12(10)18/h1-2,5-6,10H,3-4H2,(H,15,17,18). The van der Waals surface area contributed by atoms with Crippen molar-refractivity contribution < 1.29 is 9.59 Å². The van der Waals surface area contributed by atoms with Crippen molar-refractivity contribution >= 4 is 38.6 Å². The number of hydrogen-bond donors (Lipinski definition) is 1. The highest BCUT2D eigenvalue weighted by atomic mass is 79.9. The average Bonchev–Trinajstić information content (AvgIpc) is 2.72. The van der Waals surface area contributed by atoms with Crippen molar-refractivity contribution in [1.29, 1.82) is 0 Å². The summed E-state index contributed by atoms with van der Waals surface area (Å²) in [7, 11) is 0. The van der Waals surface area contributed by atoms with Crippen LogP contribution >= 0.6 is 15.9 Å². The molecule has 1 fully saturated rings. The maximum atomic E-state index is 11.8. The van der Waals surface area contributed by atoms with Gasteiger partial charge in [-0.1, -0.05) is 15.9 Å². The highest BCUT2D eigenvalue weighted by molar-refractivity contribution is 9.10. The zero-order chi connectivity index (χ0) is 12.7. The molecule has 6 heteroatoms. The molecular formula is C12H10BrN3O2. The summed E-state index contributed by atoms with van der Waals surface area (Å²) in [6, 6.07) is 5.37. The molecule has 3 rings (SSSR count). The van der Waals surface area contributed by atoms with Crippen LogP contribution in [0.25, 0.3) is 10.9 Å². The maximum absolute atomic E-state index is 11.8. The summed E-state index contributed by atoms with van der Waals surface area (Å²) in [4.78, 5) is 22.9. The lowest BCUT2D eigenvalue weighted by Gasteiger charge is -2.21. The molecule has 18 heavy (non-hydrogen) atoms. The fourth-order valence-electron chi connectivity index (χ4n) is 2.19. The third kappa shape index (κ3) is 1.82. The van der Waals surface area contributed by atoms with Gasteiger partial charge in [0.1, 0.15) is 6.04 Å². The van der Waals surface area contributed by atoms with Crippen LogP contribution in [-0.2, 0) is 9.59 Å². The Morgan fingerprint density at radius 2 is 2.22 bits per heavy atom. The van der Waals surface area contributed by atoms with E-state index in [0.717, 1.165) is 15.4 Å². The molecule has 1 aromatic carbocycles. The Morgan fingerprint density at radius 1 is 1.39 bits per heavy atom. The number of amides is 2. The average molecular weight is 308 g/mol. The predicted octanol–water partition coefficient (Wildman–Crippen LogP) is 1.78. The Morgan fingerprint density at radius 3 is 3.00 bits per heavy atom. The Labute approximate surface area is 111 Å². The normalized spacial score (nSPS) is 20.2. The lowest BCUT2D eigenvalue weighted by Crippen LogP contribution is -2.41. The monoisotopic (exact) mass is 307 g/mol. The smallest absolute Gasteiger partial charge is 0.251 e. The Hall–Kier alpha value is -1.69. The van der Waals surface area contributed by atoms with Gasteiger partial charge >= 0.3 is 0 Å². The van der Waals surface area contributed by atoms with Crippen LogP contribution in [0.1, 0.15) is 18.9 Å². The number of benzene rings is 1. The second-order valence-electron chi connectivity index (χ2n) is 4.26. The Balaban J connectivity index is 2.04. The second-order valence-corrected chi connectivity index (χ2v) is 5.17. The molecule has 5 nitrogen and oxygen atoms in total. The van der Waals surface area contributed by atoms with E-state index in [4.69, 9.17) is 0 Å². The largest absolute Gasteiger partial charge is 0.295 e. The highest BCUT2D eigenvalue weighted by Gasteiger charge is 2.29. The zero-order valence-electron chi connectivity index (χ0n) is 9.39. The van der Waals surface area contributed by atoms with Gasteiger partial charge in [-0.15, -0.1) is 0 Å². The molecule has 0 bridgehead atoms. The molecule has 92 valence electrons. The van der Waals surface area contributed by atoms with E-state index in [1.165, 1.54) is 0 Å². The highest BCUT2D eigenvalue weighted by Crippen LogP contribution is 2.25. The van der Waals surface area contributed by atoms with Crippen molar-refractivity contribution in [3.05, 3.63) is 28.9 Å². The number of nitrogens with zero attached hydrogens (tertiary/aromatic N) is 2. The molecule has 1 aliphatic rings. The molecule has 0 aliphatic carbocycles. The number of aromatic nitrogens is 2. The predicted molar refractivity (Wildman–Crippen MR) is 68.9 cm³/mol. The van der Waals surface area contributed by atoms with Gasteiger partial charge in [0.2, 0.25) is 5.91 Å². The number of imide groups is 1. The van der Waals surface area contributed by atoms with Gasteiger partial charge in [-0.25, -0.2) is 0 Å². The number of rotatable bonds is 1. The SMILES string of the molecule is O=C1CCC(n2ncc3cc(Br)ccc32)C(=O)N1. The number of carbonyl (C=O) groups is 2. The summed E-state index contributed by atoms with van der Waals surface area (Å²) in [5, 5.41) is 7.57. The first kappa shape index (κ1) is 11.4. The van der Waals surface area contributed by atoms with Gasteiger partial charge < -0.3 is 0 Å². The zero-order valence-corrected chi connectivity index (χ0v) is 11.0. The van der Waals surface area contributed by atoms with E-state index in [-0.39, 0.29) is 11.8 Å². The molecule has 1 atom stereocenters. The molecule has 0 spiro atoms. The lowest BCUT2D eigenvalue weighted by atomic mass is 10.1. The van der Waals surface area contributed by atoms with Crippen LogP contribution in [0.3, 0.4) is 0 Å². The van der Waals surface area contributed by atoms with E-state index < -0.39 is 6.04 Å². The van der Waals surface area contributed by atoms with E-state index in [1.54, 1.807) is 10.9 Å². The number of piperidine rings is 1. The van der Waals surface area contributed by atoms with Gasteiger partial charge in [-0.2, -0.15) is 5.10 Å². The molecule has 1 aliphatic heterocycles. The van der Waals surface area contributed by atoms with Gasteiger partial charge in [0.05, 0.1) is 11.7 Å². The fourth-order valence-corrected chi connectivity index (χ4v) is 2.57. The van der Waals surface area contributed by atoms with Gasteiger partial charge in [0, 0.05) is 16.3 Å². The van der Waals surface area contributed by atoms with Crippen molar-refractivity contribution in [2.24, 2.45) is 0 Å². The van der Waals surface area contributed by atoms with Gasteiger partial charge in [-0.3, -0.25) is 19.6 Å². The van der Waals surface area contributed by atoms with E-state index in [9.17, 15) is 9.59 Å². The van der Waals surface area contributed by atoms with Crippen LogP contribution in [0.4, 0.5) is 0 Å². The van der Waals surface area contributed by atoms with E-state index in [0.29, 0.717) is 12.8 Å². The van der Waals surface area contributed by atoms with Crippen molar-refractivity contribution in [3.63, 3.8) is 0 Å². The summed E-state index contributed by atoms with van der Waals surface area (Å²) in [6.07, 6.45) is 2.58. The molecule has 2 heterocycles. The topological polar surface area (TPSA) is 64.0 Å². The maximum Gasteiger partial charge on any atom is 0.251 e.